The Bertz CT molecular complexity index is 1730. The van der Waals surface area contributed by atoms with Gasteiger partial charge in [0.2, 0.25) is 5.91 Å². The number of nitrogens with zero attached hydrogens (tertiary/aromatic N) is 2. The summed E-state index contributed by atoms with van der Waals surface area (Å²) in [5, 5.41) is 16.1. The number of nitrogens with one attached hydrogen (secondary N) is 2. The Morgan fingerprint density at radius 2 is 1.68 bits per heavy atom. The molecule has 6 rings (SSSR count). The van der Waals surface area contributed by atoms with Gasteiger partial charge in [0, 0.05) is 23.2 Å². The number of carboxylic acid groups (broad SMARTS) is 1. The lowest BCUT2D eigenvalue weighted by molar-refractivity contribution is -0.139. The van der Waals surface area contributed by atoms with Crippen LogP contribution in [-0.2, 0) is 16.1 Å². The number of benzene rings is 4. The van der Waals surface area contributed by atoms with Crippen molar-refractivity contribution in [3.63, 3.8) is 0 Å². The van der Waals surface area contributed by atoms with Gasteiger partial charge in [-0.1, -0.05) is 84.9 Å². The lowest BCUT2D eigenvalue weighted by Crippen LogP contribution is -2.39. The lowest BCUT2D eigenvalue weighted by Gasteiger charge is -2.25. The Labute approximate surface area is 254 Å². The molecule has 2 aliphatic rings. The first-order valence-corrected chi connectivity index (χ1v) is 14.5. The molecule has 3 atom stereocenters. The monoisotopic (exact) mass is 590 g/mol. The SMILES string of the molecule is O=C1NC(C(N=C(c2ccccc2)c2ccccc2NC(=O)C2CCCN2Cc2ccccc2)C(=O)O)c2ccc(F)cc21. The molecule has 9 heteroatoms. The summed E-state index contributed by atoms with van der Waals surface area (Å²) < 4.78 is 13.9. The van der Waals surface area contributed by atoms with Gasteiger partial charge in [-0.05, 0) is 48.7 Å². The smallest absolute Gasteiger partial charge is 0.330 e. The predicted molar refractivity (Wildman–Crippen MR) is 165 cm³/mol. The van der Waals surface area contributed by atoms with Gasteiger partial charge < -0.3 is 15.7 Å². The van der Waals surface area contributed by atoms with E-state index in [4.69, 9.17) is 4.99 Å². The number of hydrogen-bond donors (Lipinski definition) is 3. The van der Waals surface area contributed by atoms with Crippen molar-refractivity contribution >= 4 is 29.2 Å². The van der Waals surface area contributed by atoms with E-state index in [1.54, 1.807) is 24.3 Å². The van der Waals surface area contributed by atoms with Gasteiger partial charge in [0.15, 0.2) is 6.04 Å². The molecule has 1 saturated heterocycles. The number of aliphatic imine (C=N–C) groups is 1. The van der Waals surface area contributed by atoms with Crippen LogP contribution in [0.15, 0.2) is 108 Å². The zero-order chi connectivity index (χ0) is 30.6. The molecule has 2 aliphatic heterocycles. The van der Waals surface area contributed by atoms with Crippen molar-refractivity contribution in [2.24, 2.45) is 4.99 Å². The van der Waals surface area contributed by atoms with Crippen molar-refractivity contribution in [3.05, 3.63) is 137 Å². The fourth-order valence-corrected chi connectivity index (χ4v) is 5.99. The number of hydrogen-bond acceptors (Lipinski definition) is 5. The third-order valence-corrected chi connectivity index (χ3v) is 8.10. The largest absolute Gasteiger partial charge is 0.480 e. The molecular formula is C35H31FN4O4. The van der Waals surface area contributed by atoms with Crippen molar-refractivity contribution < 1.29 is 23.9 Å². The first kappa shape index (κ1) is 28.9. The van der Waals surface area contributed by atoms with Crippen LogP contribution >= 0.6 is 0 Å². The zero-order valence-electron chi connectivity index (χ0n) is 23.8. The summed E-state index contributed by atoms with van der Waals surface area (Å²) >= 11 is 0. The number of fused-ring (bicyclic) bond motifs is 1. The van der Waals surface area contributed by atoms with E-state index in [9.17, 15) is 23.9 Å². The van der Waals surface area contributed by atoms with Crippen LogP contribution in [0.1, 0.15) is 51.5 Å². The van der Waals surface area contributed by atoms with E-state index in [2.05, 4.69) is 15.5 Å². The Morgan fingerprint density at radius 1 is 0.977 bits per heavy atom. The van der Waals surface area contributed by atoms with Crippen molar-refractivity contribution in [1.29, 1.82) is 0 Å². The molecule has 44 heavy (non-hydrogen) atoms. The summed E-state index contributed by atoms with van der Waals surface area (Å²) in [5.41, 5.74) is 3.59. The number of amides is 2. The van der Waals surface area contributed by atoms with Gasteiger partial charge >= 0.3 is 5.97 Å². The lowest BCUT2D eigenvalue weighted by atomic mass is 9.96. The maximum Gasteiger partial charge on any atom is 0.330 e. The number of halogens is 1. The molecule has 222 valence electrons. The molecule has 3 unspecified atom stereocenters. The van der Waals surface area contributed by atoms with Crippen LogP contribution in [0.25, 0.3) is 0 Å². The minimum atomic E-state index is -1.43. The van der Waals surface area contributed by atoms with E-state index >= 15 is 0 Å². The highest BCUT2D eigenvalue weighted by Gasteiger charge is 2.39. The van der Waals surface area contributed by atoms with Gasteiger partial charge in [0.25, 0.3) is 5.91 Å². The van der Waals surface area contributed by atoms with Gasteiger partial charge in [0.05, 0.1) is 23.5 Å². The quantitative estimate of drug-likeness (QED) is 0.232. The maximum absolute atomic E-state index is 13.9. The van der Waals surface area contributed by atoms with Gasteiger partial charge in [-0.3, -0.25) is 19.5 Å². The standard InChI is InChI=1S/C35H31FN4O4/c36-24-17-18-25-27(20-24)33(41)39-31(25)32(35(43)44)38-30(23-12-5-2-6-13-23)26-14-7-8-15-28(26)37-34(42)29-16-9-19-40(29)21-22-10-3-1-4-11-22/h1-8,10-15,17-18,20,29,31-32H,9,16,19,21H2,(H,37,42)(H,39,41)(H,43,44). The summed E-state index contributed by atoms with van der Waals surface area (Å²) in [5.74, 6) is -2.55. The third kappa shape index (κ3) is 6.00. The van der Waals surface area contributed by atoms with Crippen LogP contribution in [0, 0.1) is 5.82 Å². The summed E-state index contributed by atoms with van der Waals surface area (Å²) in [6.07, 6.45) is 1.63. The number of carbonyl (C=O) groups is 3. The van der Waals surface area contributed by atoms with E-state index in [1.807, 2.05) is 60.7 Å². The molecule has 4 aromatic rings. The predicted octanol–water partition coefficient (Wildman–Crippen LogP) is 5.20. The highest BCUT2D eigenvalue weighted by molar-refractivity contribution is 6.18. The van der Waals surface area contributed by atoms with Crippen molar-refractivity contribution in [3.8, 4) is 0 Å². The maximum atomic E-state index is 13.9. The minimum Gasteiger partial charge on any atom is -0.480 e. The second kappa shape index (κ2) is 12.6. The molecule has 2 heterocycles. The molecule has 0 saturated carbocycles. The fraction of sp³-hybridized carbons (Fsp3) is 0.200. The van der Waals surface area contributed by atoms with Gasteiger partial charge in [0.1, 0.15) is 5.82 Å². The van der Waals surface area contributed by atoms with Crippen LogP contribution < -0.4 is 10.6 Å². The molecule has 0 aliphatic carbocycles. The molecule has 4 aromatic carbocycles. The highest BCUT2D eigenvalue weighted by atomic mass is 19.1. The van der Waals surface area contributed by atoms with E-state index in [1.165, 1.54) is 12.1 Å². The van der Waals surface area contributed by atoms with Crippen LogP contribution in [-0.4, -0.2) is 52.1 Å². The van der Waals surface area contributed by atoms with Gasteiger partial charge in [-0.25, -0.2) is 9.18 Å². The molecule has 0 radical (unpaired) electrons. The van der Waals surface area contributed by atoms with Crippen molar-refractivity contribution in [1.82, 2.24) is 10.2 Å². The van der Waals surface area contributed by atoms with E-state index in [0.717, 1.165) is 31.0 Å². The number of aliphatic carboxylic acids is 1. The Hall–Kier alpha value is -5.15. The van der Waals surface area contributed by atoms with Gasteiger partial charge in [-0.2, -0.15) is 0 Å². The molecule has 1 fully saturated rings. The van der Waals surface area contributed by atoms with Crippen molar-refractivity contribution in [2.45, 2.75) is 37.5 Å². The summed E-state index contributed by atoms with van der Waals surface area (Å²) in [7, 11) is 0. The second-order valence-corrected chi connectivity index (χ2v) is 11.0. The van der Waals surface area contributed by atoms with Crippen LogP contribution in [0.3, 0.4) is 0 Å². The summed E-state index contributed by atoms with van der Waals surface area (Å²) in [6, 6.07) is 27.2. The molecule has 2 amide bonds. The van der Waals surface area contributed by atoms with Crippen LogP contribution in [0.5, 0.6) is 0 Å². The molecule has 0 aromatic heterocycles. The number of carbonyl (C=O) groups excluding carboxylic acids is 2. The third-order valence-electron chi connectivity index (χ3n) is 8.10. The number of carboxylic acids is 1. The van der Waals surface area contributed by atoms with E-state index < -0.39 is 29.8 Å². The Morgan fingerprint density at radius 3 is 2.43 bits per heavy atom. The summed E-state index contributed by atoms with van der Waals surface area (Å²) in [4.78, 5) is 45.9. The van der Waals surface area contributed by atoms with Crippen LogP contribution in [0.4, 0.5) is 10.1 Å². The van der Waals surface area contributed by atoms with E-state index in [0.29, 0.717) is 34.6 Å². The number of para-hydroxylation sites is 1. The first-order chi connectivity index (χ1) is 21.4. The molecule has 0 spiro atoms. The number of anilines is 1. The average Bonchev–Trinajstić information content (AvgIpc) is 3.63. The van der Waals surface area contributed by atoms with Crippen LogP contribution in [0.2, 0.25) is 0 Å². The first-order valence-electron chi connectivity index (χ1n) is 14.5. The fourth-order valence-electron chi connectivity index (χ4n) is 5.99. The molecular weight excluding hydrogens is 559 g/mol. The number of rotatable bonds is 9. The average molecular weight is 591 g/mol. The molecule has 3 N–H and O–H groups in total. The number of likely N-dealkylation sites (tertiary alicyclic amines) is 1. The molecule has 8 nitrogen and oxygen atoms in total. The Balaban J connectivity index is 1.35. The van der Waals surface area contributed by atoms with E-state index in [-0.39, 0.29) is 17.5 Å². The summed E-state index contributed by atoms with van der Waals surface area (Å²) in [6.45, 7) is 1.47. The van der Waals surface area contributed by atoms with Crippen molar-refractivity contribution in [2.75, 3.05) is 11.9 Å². The highest BCUT2D eigenvalue weighted by Crippen LogP contribution is 2.32. The normalized spacial score (nSPS) is 18.8. The second-order valence-electron chi connectivity index (χ2n) is 11.0. The molecule has 0 bridgehead atoms. The zero-order valence-corrected chi connectivity index (χ0v) is 23.8. The Kier molecular flexibility index (Phi) is 8.29. The topological polar surface area (TPSA) is 111 Å². The minimum absolute atomic E-state index is 0.0852. The van der Waals surface area contributed by atoms with Gasteiger partial charge in [-0.15, -0.1) is 0 Å².